The van der Waals surface area contributed by atoms with Gasteiger partial charge in [0.25, 0.3) is 0 Å². The average Bonchev–Trinajstić information content (AvgIpc) is 2.45. The topological polar surface area (TPSA) is 66.5 Å². The molecule has 0 aromatic heterocycles. The van der Waals surface area contributed by atoms with E-state index in [0.717, 1.165) is 5.56 Å². The van der Waals surface area contributed by atoms with Crippen molar-refractivity contribution in [2.75, 3.05) is 6.54 Å². The number of imide groups is 1. The SMILES string of the molecule is CCC1C(=O)NC(=O)CN1C(=O)CCc1ccccc1. The highest BCUT2D eigenvalue weighted by Gasteiger charge is 2.34. The van der Waals surface area contributed by atoms with Crippen LogP contribution in [0.5, 0.6) is 0 Å². The molecule has 0 bridgehead atoms. The number of benzene rings is 1. The van der Waals surface area contributed by atoms with Gasteiger partial charge in [0.1, 0.15) is 12.6 Å². The van der Waals surface area contributed by atoms with Crippen LogP contribution in [0.1, 0.15) is 25.3 Å². The Balaban J connectivity index is 1.99. The number of amides is 3. The van der Waals surface area contributed by atoms with Gasteiger partial charge in [-0.1, -0.05) is 37.3 Å². The van der Waals surface area contributed by atoms with Gasteiger partial charge in [0.05, 0.1) is 0 Å². The predicted octanol–water partition coefficient (Wildman–Crippen LogP) is 0.883. The van der Waals surface area contributed by atoms with Crippen molar-refractivity contribution in [3.8, 4) is 0 Å². The molecule has 1 N–H and O–H groups in total. The normalized spacial score (nSPS) is 18.9. The highest BCUT2D eigenvalue weighted by Crippen LogP contribution is 2.12. The molecule has 1 heterocycles. The van der Waals surface area contributed by atoms with Gasteiger partial charge < -0.3 is 4.90 Å². The van der Waals surface area contributed by atoms with Crippen molar-refractivity contribution in [1.29, 1.82) is 0 Å². The molecule has 1 unspecified atom stereocenters. The third-order valence-corrected chi connectivity index (χ3v) is 3.43. The predicted molar refractivity (Wildman–Crippen MR) is 73.7 cm³/mol. The second-order valence-corrected chi connectivity index (χ2v) is 4.84. The first kappa shape index (κ1) is 14.2. The summed E-state index contributed by atoms with van der Waals surface area (Å²) in [5, 5.41) is 2.27. The van der Waals surface area contributed by atoms with E-state index in [0.29, 0.717) is 19.3 Å². The van der Waals surface area contributed by atoms with Crippen molar-refractivity contribution in [3.63, 3.8) is 0 Å². The highest BCUT2D eigenvalue weighted by atomic mass is 16.2. The van der Waals surface area contributed by atoms with E-state index in [-0.39, 0.29) is 18.4 Å². The van der Waals surface area contributed by atoms with E-state index in [2.05, 4.69) is 5.32 Å². The van der Waals surface area contributed by atoms with Crippen LogP contribution in [0.4, 0.5) is 0 Å². The lowest BCUT2D eigenvalue weighted by Crippen LogP contribution is -2.59. The van der Waals surface area contributed by atoms with Crippen molar-refractivity contribution in [2.45, 2.75) is 32.2 Å². The molecule has 5 heteroatoms. The van der Waals surface area contributed by atoms with Crippen LogP contribution in [0.25, 0.3) is 0 Å². The summed E-state index contributed by atoms with van der Waals surface area (Å²) in [6, 6.07) is 9.15. The minimum Gasteiger partial charge on any atom is -0.321 e. The molecule has 0 radical (unpaired) electrons. The maximum Gasteiger partial charge on any atom is 0.249 e. The molecule has 1 aliphatic heterocycles. The summed E-state index contributed by atoms with van der Waals surface area (Å²) < 4.78 is 0. The van der Waals surface area contributed by atoms with Crippen molar-refractivity contribution < 1.29 is 14.4 Å². The molecule has 1 fully saturated rings. The Hall–Kier alpha value is -2.17. The second kappa shape index (κ2) is 6.32. The van der Waals surface area contributed by atoms with Gasteiger partial charge in [-0.25, -0.2) is 0 Å². The fourth-order valence-electron chi connectivity index (χ4n) is 2.37. The molecule has 0 aliphatic carbocycles. The summed E-state index contributed by atoms with van der Waals surface area (Å²) in [4.78, 5) is 36.7. The lowest BCUT2D eigenvalue weighted by Gasteiger charge is -2.33. The van der Waals surface area contributed by atoms with Crippen molar-refractivity contribution in [1.82, 2.24) is 10.2 Å². The number of carbonyl (C=O) groups is 3. The quantitative estimate of drug-likeness (QED) is 0.829. The zero-order valence-electron chi connectivity index (χ0n) is 11.5. The van der Waals surface area contributed by atoms with E-state index in [1.807, 2.05) is 37.3 Å². The Kier molecular flexibility index (Phi) is 4.50. The number of nitrogens with zero attached hydrogens (tertiary/aromatic N) is 1. The number of aryl methyl sites for hydroxylation is 1. The van der Waals surface area contributed by atoms with Crippen LogP contribution in [0.15, 0.2) is 30.3 Å². The van der Waals surface area contributed by atoms with E-state index in [1.54, 1.807) is 0 Å². The lowest BCUT2D eigenvalue weighted by atomic mass is 10.1. The highest BCUT2D eigenvalue weighted by molar-refractivity contribution is 6.04. The summed E-state index contributed by atoms with van der Waals surface area (Å²) in [5.74, 6) is -0.937. The molecule has 2 rings (SSSR count). The minimum absolute atomic E-state index is 0.0299. The Morgan fingerprint density at radius 1 is 1.30 bits per heavy atom. The number of hydrogen-bond donors (Lipinski definition) is 1. The standard InChI is InChI=1S/C15H18N2O3/c1-2-12-15(20)16-13(18)10-17(12)14(19)9-8-11-6-4-3-5-7-11/h3-7,12H,2,8-10H2,1H3,(H,16,18,20). The molecule has 20 heavy (non-hydrogen) atoms. The monoisotopic (exact) mass is 274 g/mol. The molecule has 0 saturated carbocycles. The van der Waals surface area contributed by atoms with Gasteiger partial charge in [0, 0.05) is 6.42 Å². The molecule has 5 nitrogen and oxygen atoms in total. The second-order valence-electron chi connectivity index (χ2n) is 4.84. The Morgan fingerprint density at radius 2 is 2.00 bits per heavy atom. The Bertz CT molecular complexity index is 513. The summed E-state index contributed by atoms with van der Waals surface area (Å²) in [7, 11) is 0. The number of piperazine rings is 1. The summed E-state index contributed by atoms with van der Waals surface area (Å²) in [6.45, 7) is 1.80. The summed E-state index contributed by atoms with van der Waals surface area (Å²) in [6.07, 6.45) is 1.43. The van der Waals surface area contributed by atoms with Crippen LogP contribution in [0.3, 0.4) is 0 Å². The maximum atomic E-state index is 12.2. The molecule has 0 spiro atoms. The van der Waals surface area contributed by atoms with Crippen LogP contribution in [0, 0.1) is 0 Å². The number of nitrogens with one attached hydrogen (secondary N) is 1. The maximum absolute atomic E-state index is 12.2. The van der Waals surface area contributed by atoms with E-state index >= 15 is 0 Å². The van der Waals surface area contributed by atoms with Gasteiger partial charge in [0.2, 0.25) is 17.7 Å². The molecular weight excluding hydrogens is 256 g/mol. The van der Waals surface area contributed by atoms with Crippen LogP contribution in [-0.4, -0.2) is 35.2 Å². The zero-order chi connectivity index (χ0) is 14.5. The third-order valence-electron chi connectivity index (χ3n) is 3.43. The van der Waals surface area contributed by atoms with Crippen molar-refractivity contribution in [3.05, 3.63) is 35.9 Å². The van der Waals surface area contributed by atoms with Crippen molar-refractivity contribution >= 4 is 17.7 Å². The first-order valence-corrected chi connectivity index (χ1v) is 6.79. The van der Waals surface area contributed by atoms with E-state index in [1.165, 1.54) is 4.90 Å². The smallest absolute Gasteiger partial charge is 0.249 e. The van der Waals surface area contributed by atoms with Gasteiger partial charge in [-0.2, -0.15) is 0 Å². The minimum atomic E-state index is -0.532. The molecule has 1 aromatic rings. The molecule has 1 aromatic carbocycles. The number of rotatable bonds is 4. The van der Waals surface area contributed by atoms with Crippen molar-refractivity contribution in [2.24, 2.45) is 0 Å². The fourth-order valence-corrected chi connectivity index (χ4v) is 2.37. The zero-order valence-corrected chi connectivity index (χ0v) is 11.5. The van der Waals surface area contributed by atoms with Gasteiger partial charge in [-0.3, -0.25) is 19.7 Å². The van der Waals surface area contributed by atoms with Gasteiger partial charge >= 0.3 is 0 Å². The fraction of sp³-hybridized carbons (Fsp3) is 0.400. The summed E-state index contributed by atoms with van der Waals surface area (Å²) >= 11 is 0. The van der Waals surface area contributed by atoms with E-state index in [9.17, 15) is 14.4 Å². The third kappa shape index (κ3) is 3.23. The van der Waals surface area contributed by atoms with E-state index < -0.39 is 11.9 Å². The van der Waals surface area contributed by atoms with Crippen LogP contribution < -0.4 is 5.32 Å². The first-order chi connectivity index (χ1) is 9.61. The van der Waals surface area contributed by atoms with Crippen LogP contribution in [0.2, 0.25) is 0 Å². The molecule has 106 valence electrons. The Labute approximate surface area is 118 Å². The molecule has 1 aliphatic rings. The summed E-state index contributed by atoms with van der Waals surface area (Å²) in [5.41, 5.74) is 1.07. The van der Waals surface area contributed by atoms with Crippen LogP contribution >= 0.6 is 0 Å². The molecular formula is C15H18N2O3. The number of carbonyl (C=O) groups excluding carboxylic acids is 3. The molecule has 1 saturated heterocycles. The number of hydrogen-bond acceptors (Lipinski definition) is 3. The Morgan fingerprint density at radius 3 is 2.65 bits per heavy atom. The van der Waals surface area contributed by atoms with Gasteiger partial charge in [0.15, 0.2) is 0 Å². The van der Waals surface area contributed by atoms with Gasteiger partial charge in [-0.05, 0) is 18.4 Å². The molecule has 1 atom stereocenters. The van der Waals surface area contributed by atoms with Crippen LogP contribution in [-0.2, 0) is 20.8 Å². The lowest BCUT2D eigenvalue weighted by molar-refractivity contribution is -0.150. The average molecular weight is 274 g/mol. The van der Waals surface area contributed by atoms with Gasteiger partial charge in [-0.15, -0.1) is 0 Å². The van der Waals surface area contributed by atoms with E-state index in [4.69, 9.17) is 0 Å². The molecule has 3 amide bonds. The first-order valence-electron chi connectivity index (χ1n) is 6.79. The largest absolute Gasteiger partial charge is 0.321 e.